The van der Waals surface area contributed by atoms with Crippen LogP contribution in [0.5, 0.6) is 11.5 Å². The number of methoxy groups -OCH3 is 2. The van der Waals surface area contributed by atoms with E-state index in [9.17, 15) is 9.90 Å². The third-order valence-electron chi connectivity index (χ3n) is 12.8. The largest absolute Gasteiger partial charge is 0.497 e. The molecule has 3 heterocycles. The fourth-order valence-electron chi connectivity index (χ4n) is 7.14. The third kappa shape index (κ3) is 10.2. The van der Waals surface area contributed by atoms with Gasteiger partial charge < -0.3 is 38.2 Å². The van der Waals surface area contributed by atoms with Gasteiger partial charge in [-0.05, 0) is 77.2 Å². The van der Waals surface area contributed by atoms with Crippen LogP contribution in [0.15, 0.2) is 85.2 Å². The molecule has 1 aliphatic rings. The Morgan fingerprint density at radius 3 is 1.89 bits per heavy atom. The Labute approximate surface area is 374 Å². The first-order valence-electron chi connectivity index (χ1n) is 21.5. The quantitative estimate of drug-likeness (QED) is 0.0463. The van der Waals surface area contributed by atoms with Gasteiger partial charge in [-0.1, -0.05) is 96.1 Å². The van der Waals surface area contributed by atoms with E-state index in [0.717, 1.165) is 16.7 Å². The molecule has 6 rings (SSSR count). The van der Waals surface area contributed by atoms with Gasteiger partial charge in [0.05, 0.1) is 33.8 Å². The normalized spacial score (nSPS) is 18.7. The summed E-state index contributed by atoms with van der Waals surface area (Å²) >= 11 is 0. The van der Waals surface area contributed by atoms with Crippen LogP contribution in [-0.4, -0.2) is 99.5 Å². The zero-order chi connectivity index (χ0) is 46.0. The summed E-state index contributed by atoms with van der Waals surface area (Å²) in [5, 5.41) is 18.5. The highest BCUT2D eigenvalue weighted by molar-refractivity contribution is 6.74. The number of amides is 1. The number of aliphatic hydroxyl groups is 1. The number of hydrogen-bond donors (Lipinski definition) is 3. The monoisotopic (exact) mass is 898 g/mol. The number of ether oxygens (including phenoxy) is 4. The minimum Gasteiger partial charge on any atom is -0.497 e. The van der Waals surface area contributed by atoms with Crippen molar-refractivity contribution in [3.05, 3.63) is 102 Å². The van der Waals surface area contributed by atoms with Gasteiger partial charge >= 0.3 is 0 Å². The molecule has 3 N–H and O–H groups in total. The number of nitrogens with zero attached hydrogens (tertiary/aromatic N) is 4. The lowest BCUT2D eigenvalue weighted by Gasteiger charge is -2.40. The molecule has 0 unspecified atom stereocenters. The Morgan fingerprint density at radius 1 is 0.810 bits per heavy atom. The van der Waals surface area contributed by atoms with Crippen molar-refractivity contribution in [2.24, 2.45) is 0 Å². The predicted octanol–water partition coefficient (Wildman–Crippen LogP) is 8.89. The Bertz CT molecular complexity index is 2260. The van der Waals surface area contributed by atoms with Crippen LogP contribution in [0, 0.1) is 0 Å². The maximum Gasteiger partial charge on any atom is 0.233 e. The van der Waals surface area contributed by atoms with Crippen LogP contribution < -0.4 is 20.1 Å². The number of imidazole rings is 1. The van der Waals surface area contributed by atoms with E-state index in [4.69, 9.17) is 37.8 Å². The lowest BCUT2D eigenvalue weighted by Crippen LogP contribution is -2.49. The van der Waals surface area contributed by atoms with Gasteiger partial charge in [-0.2, -0.15) is 9.97 Å². The van der Waals surface area contributed by atoms with Crippen molar-refractivity contribution in [1.29, 1.82) is 0 Å². The number of anilines is 2. The van der Waals surface area contributed by atoms with Gasteiger partial charge in [-0.3, -0.25) is 14.7 Å². The first-order valence-corrected chi connectivity index (χ1v) is 27.3. The van der Waals surface area contributed by atoms with Crippen molar-refractivity contribution >= 4 is 45.5 Å². The molecular weight excluding hydrogens is 833 g/mol. The van der Waals surface area contributed by atoms with E-state index in [1.165, 1.54) is 6.92 Å². The van der Waals surface area contributed by atoms with E-state index in [-0.39, 0.29) is 28.5 Å². The zero-order valence-corrected chi connectivity index (χ0v) is 41.1. The van der Waals surface area contributed by atoms with Gasteiger partial charge in [0, 0.05) is 13.5 Å². The molecule has 5 aromatic rings. The molecule has 4 atom stereocenters. The predicted molar refractivity (Wildman–Crippen MR) is 252 cm³/mol. The summed E-state index contributed by atoms with van der Waals surface area (Å²) in [6, 6.07) is 25.6. The molecule has 0 spiro atoms. The number of rotatable bonds is 17. The first-order chi connectivity index (χ1) is 29.6. The Morgan fingerprint density at radius 2 is 1.37 bits per heavy atom. The fourth-order valence-corrected chi connectivity index (χ4v) is 9.47. The fraction of sp³-hybridized carbons (Fsp3) is 0.489. The molecule has 0 saturated carbocycles. The first kappa shape index (κ1) is 47.8. The van der Waals surface area contributed by atoms with E-state index in [1.807, 2.05) is 78.9 Å². The van der Waals surface area contributed by atoms with Crippen LogP contribution in [0.1, 0.15) is 71.4 Å². The molecule has 0 radical (unpaired) electrons. The number of carbonyl (C=O) groups is 1. The van der Waals surface area contributed by atoms with Crippen LogP contribution in [0.25, 0.3) is 11.2 Å². The topological polar surface area (TPSA) is 160 Å². The van der Waals surface area contributed by atoms with Crippen LogP contribution >= 0.6 is 0 Å². The van der Waals surface area contributed by atoms with Crippen molar-refractivity contribution in [2.75, 3.05) is 44.6 Å². The van der Waals surface area contributed by atoms with E-state index < -0.39 is 46.8 Å². The summed E-state index contributed by atoms with van der Waals surface area (Å²) in [4.78, 5) is 26.6. The summed E-state index contributed by atoms with van der Waals surface area (Å²) in [6.45, 7) is 24.1. The lowest BCUT2D eigenvalue weighted by atomic mass is 9.80. The number of hydrogen-bond acceptors (Lipinski definition) is 12. The molecule has 0 aliphatic carbocycles. The molecule has 63 heavy (non-hydrogen) atoms. The second-order valence-corrected chi connectivity index (χ2v) is 28.7. The van der Waals surface area contributed by atoms with Gasteiger partial charge in [0.15, 0.2) is 39.8 Å². The van der Waals surface area contributed by atoms with Gasteiger partial charge in [0.2, 0.25) is 11.9 Å². The number of carbonyl (C=O) groups excluding carboxylic acids is 1. The van der Waals surface area contributed by atoms with Crippen LogP contribution in [0.2, 0.25) is 36.3 Å². The minimum absolute atomic E-state index is 0.0399. The van der Waals surface area contributed by atoms with Crippen LogP contribution in [0.4, 0.5) is 11.8 Å². The van der Waals surface area contributed by atoms with Crippen LogP contribution in [-0.2, 0) is 28.7 Å². The van der Waals surface area contributed by atoms with Gasteiger partial charge in [0.25, 0.3) is 0 Å². The molecule has 14 nitrogen and oxygen atoms in total. The Hall–Kier alpha value is -4.69. The number of aromatic nitrogens is 4. The van der Waals surface area contributed by atoms with Crippen LogP contribution in [0.3, 0.4) is 0 Å². The van der Waals surface area contributed by atoms with E-state index in [2.05, 4.69) is 83.3 Å². The molecule has 1 fully saturated rings. The van der Waals surface area contributed by atoms with Gasteiger partial charge in [0.1, 0.15) is 35.4 Å². The maximum absolute atomic E-state index is 12.5. The second kappa shape index (κ2) is 18.8. The highest BCUT2D eigenvalue weighted by Crippen LogP contribution is 2.46. The second-order valence-electron chi connectivity index (χ2n) is 19.2. The number of benzene rings is 3. The molecule has 2 aromatic heterocycles. The summed E-state index contributed by atoms with van der Waals surface area (Å²) in [7, 11) is -1.28. The highest BCUT2D eigenvalue weighted by Gasteiger charge is 2.52. The summed E-state index contributed by atoms with van der Waals surface area (Å²) in [6.07, 6.45) is -2.12. The Balaban J connectivity index is 1.41. The molecule has 340 valence electrons. The average molecular weight is 899 g/mol. The van der Waals surface area contributed by atoms with Crippen molar-refractivity contribution < 1.29 is 37.7 Å². The molecular formula is C47H66N6O8Si2. The summed E-state index contributed by atoms with van der Waals surface area (Å²) in [5.74, 6) is 1.60. The standard InChI is InChI=1S/C47H66N6O8Si2/c1-31(54)50-44-51-41(48-27-28-59-62(10,11)45(2,3)4)38-42(52-44)53(30-49-38)43-40(61-63(12,13)46(5,6)7)39(55)37(60-43)29-58-47(32-17-15-14-16-18-32,33-19-23-35(56-8)24-20-33)34-21-25-36(57-9)26-22-34/h14-26,30,37,39-40,43,55H,27-29H2,1-13H3,(H2,48,50,51,52,54)/t37-,39-,40-,43-/m1/s1. The molecule has 16 heteroatoms. The average Bonchev–Trinajstić information content (AvgIpc) is 3.79. The van der Waals surface area contributed by atoms with Crippen molar-refractivity contribution in [1.82, 2.24) is 19.5 Å². The number of fused-ring (bicyclic) bond motifs is 1. The van der Waals surface area contributed by atoms with Gasteiger partial charge in [-0.15, -0.1) is 0 Å². The van der Waals surface area contributed by atoms with Crippen molar-refractivity contribution in [2.45, 2.75) is 115 Å². The SMILES string of the molecule is COc1ccc(C(OC[C@H]2O[C@@H](n3cnc4c(NCCO[Si](C)(C)C(C)(C)C)nc(NC(C)=O)nc43)[C@H](O[Si](C)(C)C(C)(C)C)[C@@H]2O)(c2ccccc2)c2ccc(OC)cc2)cc1. The smallest absolute Gasteiger partial charge is 0.233 e. The summed E-state index contributed by atoms with van der Waals surface area (Å²) in [5.41, 5.74) is 2.25. The van der Waals surface area contributed by atoms with E-state index in [1.54, 1.807) is 25.1 Å². The van der Waals surface area contributed by atoms with Crippen molar-refractivity contribution in [3.63, 3.8) is 0 Å². The lowest BCUT2D eigenvalue weighted by molar-refractivity contribution is -0.114. The third-order valence-corrected chi connectivity index (χ3v) is 21.8. The van der Waals surface area contributed by atoms with Gasteiger partial charge in [-0.25, -0.2) is 4.98 Å². The Kier molecular flexibility index (Phi) is 14.3. The molecule has 1 aliphatic heterocycles. The van der Waals surface area contributed by atoms with E-state index >= 15 is 0 Å². The molecule has 1 amide bonds. The summed E-state index contributed by atoms with van der Waals surface area (Å²) < 4.78 is 40.5. The molecule has 1 saturated heterocycles. The number of nitrogens with one attached hydrogen (secondary N) is 2. The minimum atomic E-state index is -2.54. The molecule has 3 aromatic carbocycles. The zero-order valence-electron chi connectivity index (χ0n) is 39.1. The highest BCUT2D eigenvalue weighted by atomic mass is 28.4. The number of aliphatic hydroxyl groups excluding tert-OH is 1. The molecule has 0 bridgehead atoms. The maximum atomic E-state index is 12.5. The van der Waals surface area contributed by atoms with E-state index in [0.29, 0.717) is 41.6 Å². The van der Waals surface area contributed by atoms with Crippen molar-refractivity contribution in [3.8, 4) is 11.5 Å².